The van der Waals surface area contributed by atoms with Crippen molar-refractivity contribution in [3.8, 4) is 33.4 Å². The molecule has 644 valence electrons. The molecule has 5 aliphatic carbocycles. The molecule has 121 heavy (non-hydrogen) atoms. The maximum atomic E-state index is 13.6. The first-order valence-electron chi connectivity index (χ1n) is 42.4. The number of carbonyl (C=O) groups excluding carboxylic acids is 6. The summed E-state index contributed by atoms with van der Waals surface area (Å²) in [5.74, 6) is 1.79. The number of ether oxygens (including phenoxy) is 5. The second-order valence-corrected chi connectivity index (χ2v) is 43.6. The number of cyclic esters (lactones) is 3. The molecular weight excluding hydrogens is 1780 g/mol. The third-order valence-corrected chi connectivity index (χ3v) is 36.9. The molecule has 14 rings (SSSR count). The van der Waals surface area contributed by atoms with Gasteiger partial charge in [-0.2, -0.15) is 0 Å². The number of benzene rings is 3. The van der Waals surface area contributed by atoms with E-state index >= 15 is 0 Å². The van der Waals surface area contributed by atoms with Gasteiger partial charge in [0.05, 0.1) is 36.7 Å². The molecule has 3 saturated heterocycles. The predicted octanol–water partition coefficient (Wildman–Crippen LogP) is 11.1. The van der Waals surface area contributed by atoms with E-state index in [1.165, 1.54) is 88.8 Å². The Balaban J connectivity index is 0.000000339. The van der Waals surface area contributed by atoms with Gasteiger partial charge in [0.2, 0.25) is 0 Å². The van der Waals surface area contributed by atoms with Crippen LogP contribution in [0.1, 0.15) is 164 Å². The van der Waals surface area contributed by atoms with Gasteiger partial charge in [0.15, 0.2) is 0 Å². The van der Waals surface area contributed by atoms with Crippen LogP contribution in [0.15, 0.2) is 134 Å². The fourth-order valence-electron chi connectivity index (χ4n) is 20.8. The van der Waals surface area contributed by atoms with Crippen molar-refractivity contribution in [3.05, 3.63) is 168 Å². The van der Waals surface area contributed by atoms with E-state index in [0.29, 0.717) is 55.1 Å². The van der Waals surface area contributed by atoms with Crippen LogP contribution in [0.3, 0.4) is 0 Å². The van der Waals surface area contributed by atoms with E-state index in [0.717, 1.165) is 121 Å². The van der Waals surface area contributed by atoms with E-state index in [2.05, 4.69) is 57.6 Å². The number of aliphatic hydroxyl groups is 2. The normalized spacial score (nSPS) is 27.1. The summed E-state index contributed by atoms with van der Waals surface area (Å²) < 4.78 is 79.1. The minimum absolute atomic E-state index is 0. The maximum absolute atomic E-state index is 13.6. The van der Waals surface area contributed by atoms with Crippen molar-refractivity contribution in [2.24, 2.45) is 101 Å². The molecule has 19 nitrogen and oxygen atoms in total. The molecule has 20 atom stereocenters. The zero-order valence-electron chi connectivity index (χ0n) is 73.5. The number of halogens is 4. The molecular formula is C93H122AlBBrF3K2N4O15Sn. The van der Waals surface area contributed by atoms with Gasteiger partial charge in [-0.3, -0.25) is 43.7 Å². The number of nitrogens with one attached hydrogen (secondary N) is 1. The summed E-state index contributed by atoms with van der Waals surface area (Å²) in [6.45, 7) is 16.5. The first-order chi connectivity index (χ1) is 57.1. The number of rotatable bonds is 26. The molecule has 0 amide bonds. The van der Waals surface area contributed by atoms with Crippen LogP contribution in [0.4, 0.5) is 13.2 Å². The molecule has 28 heteroatoms. The van der Waals surface area contributed by atoms with Crippen molar-refractivity contribution in [2.75, 3.05) is 32.3 Å². The van der Waals surface area contributed by atoms with Crippen LogP contribution >= 0.6 is 15.9 Å². The molecule has 8 fully saturated rings. The van der Waals surface area contributed by atoms with Crippen LogP contribution in [-0.2, 0) is 70.2 Å². The summed E-state index contributed by atoms with van der Waals surface area (Å²) >= 11 is 4.28. The van der Waals surface area contributed by atoms with Gasteiger partial charge in [0.25, 0.3) is 6.47 Å². The van der Waals surface area contributed by atoms with E-state index in [-0.39, 0.29) is 256 Å². The summed E-state index contributed by atoms with van der Waals surface area (Å²) in [7, 11) is 1.00. The number of carbonyl (C=O) groups is 6. The zero-order chi connectivity index (χ0) is 85.5. The van der Waals surface area contributed by atoms with Crippen LogP contribution < -0.4 is 108 Å². The summed E-state index contributed by atoms with van der Waals surface area (Å²) in [6.07, 6.45) is 27.2. The Morgan fingerprint density at radius 3 is 1.31 bits per heavy atom. The molecule has 0 spiro atoms. The molecule has 4 radical (unpaired) electrons. The Morgan fingerprint density at radius 1 is 0.570 bits per heavy atom. The van der Waals surface area contributed by atoms with E-state index in [4.69, 9.17) is 48.2 Å². The number of alkyl halides is 1. The molecule has 6 heterocycles. The molecule has 6 aromatic rings. The van der Waals surface area contributed by atoms with Crippen LogP contribution in [-0.4, -0.2) is 156 Å². The van der Waals surface area contributed by atoms with Gasteiger partial charge in [-0.15, -0.1) is 0 Å². The number of allylic oxidation sites excluding steroid dienone is 1. The van der Waals surface area contributed by atoms with Crippen molar-refractivity contribution < 1.29 is 190 Å². The fraction of sp³-hybridized carbons (Fsp3) is 0.559. The summed E-state index contributed by atoms with van der Waals surface area (Å²) in [6, 6.07) is 31.4. The number of aromatic nitrogens is 3. The van der Waals surface area contributed by atoms with Crippen molar-refractivity contribution in [3.63, 3.8) is 0 Å². The summed E-state index contributed by atoms with van der Waals surface area (Å²) in [5.41, 5.74) is 7.89. The van der Waals surface area contributed by atoms with Crippen molar-refractivity contribution in [2.45, 2.75) is 190 Å². The molecule has 0 unspecified atom stereocenters. The number of nitrogens with zero attached hydrogens (tertiary/aromatic N) is 3. The average molecular weight is 1910 g/mol. The first-order valence-corrected chi connectivity index (χ1v) is 51.1. The SMILES string of the molecule is CC(=O)OC[C@H]1C[C@H]2C(=O)O[C@H](C)[C@H]2[C@@H](/C=C/c2ccc(-c3cccc(F)c3)cn2)[C@@H]1CCBr.CC(=O)OC[C@H]1C[C@H]2C(=O)O[C@H](C)[C@H]2[C@H]2[C@H](Cc3ccc(-c4cccc(F)c4)cn3)CC[C@H]12.CCC[CH2][SnH]([CH2]CCC)[CH2]CCC.CO.C[C@H]1OC(=O)[C@@H]2C[C@H](CO)[C@H]3CC[C@@H](Cc4ccc(-c5cccc(F)c5)cn4)[C@@H]3[C@H]12.O=CO[O-].[B].[H-].[K+].[K+].[NH]=[Al]. The van der Waals surface area contributed by atoms with Crippen molar-refractivity contribution in [1.82, 2.24) is 15.0 Å². The second-order valence-electron chi connectivity index (χ2n) is 33.0. The third kappa shape index (κ3) is 30.5. The molecule has 3 N–H and O–H groups in total. The van der Waals surface area contributed by atoms with Gasteiger partial charge in [-0.1, -0.05) is 76.6 Å². The predicted molar refractivity (Wildman–Crippen MR) is 459 cm³/mol. The Kier molecular flexibility index (Phi) is 49.8. The molecule has 0 bridgehead atoms. The van der Waals surface area contributed by atoms with Gasteiger partial charge >= 0.3 is 245 Å². The monoisotopic (exact) mass is 1910 g/mol. The van der Waals surface area contributed by atoms with Gasteiger partial charge in [0.1, 0.15) is 35.8 Å². The number of pyridine rings is 3. The average Bonchev–Trinajstić information content (AvgIpc) is 1.59. The summed E-state index contributed by atoms with van der Waals surface area (Å²) in [5, 5.41) is 26.2. The van der Waals surface area contributed by atoms with E-state index < -0.39 is 19.8 Å². The van der Waals surface area contributed by atoms with E-state index in [1.807, 2.05) is 93.8 Å². The Hall–Kier alpha value is -3.71. The number of fused-ring (bicyclic) bond motifs is 7. The number of unbranched alkanes of at least 4 members (excludes halogenated alkanes) is 3. The van der Waals surface area contributed by atoms with E-state index in [1.54, 1.807) is 53.8 Å². The zero-order valence-corrected chi connectivity index (χ0v) is 84.7. The van der Waals surface area contributed by atoms with Crippen LogP contribution in [0, 0.1) is 122 Å². The molecule has 3 aliphatic heterocycles. The number of hydrogen-bond donors (Lipinski definition) is 3. The first kappa shape index (κ1) is 108. The fourth-order valence-corrected chi connectivity index (χ4v) is 32.2. The Bertz CT molecular complexity index is 4170. The third-order valence-electron chi connectivity index (χ3n) is 25.9. The number of aliphatic hydroxyl groups excluding tert-OH is 2. The van der Waals surface area contributed by atoms with Crippen LogP contribution in [0.25, 0.3) is 39.5 Å². The molecule has 3 aromatic carbocycles. The van der Waals surface area contributed by atoms with Crippen LogP contribution in [0.5, 0.6) is 0 Å². The molecule has 8 aliphatic rings. The number of hydrogen-bond acceptors (Lipinski definition) is 19. The topological polar surface area (TPSA) is 284 Å². The summed E-state index contributed by atoms with van der Waals surface area (Å²) in [4.78, 5) is 85.6. The molecule has 3 aromatic heterocycles. The van der Waals surface area contributed by atoms with Crippen molar-refractivity contribution >= 4 is 103 Å². The quantitative estimate of drug-likeness (QED) is 0.00865. The standard InChI is InChI=1S/C27H29BrFNO4.C27H30FNO4.C25H28FNO3.3C4H9.CH2O3.CH4O.Al.B.2K.HN.Sn.2H/c1-16-26-24(9-8-22-7-6-19(14-30-22)18-4-3-5-21(29)12-18)23(10-11-28)20(15-33-17(2)31)13-25(26)27(32)34-16;1-15-25-24(27(31)33-15)12-20(14-32-16(2)30)23-9-7-18(26(23)25)11-22-8-6-19(13-29-22)17-4-3-5-21(28)10-17;1-14-23-22(25(29)30-14)11-18(13-28)21-8-6-16(24(21)23)10-20-7-5-17(12-27-20)15-3-2-4-19(26)9-15;3*1-3-4-2;2-1-4-3;1-2;;;;;;;;/h3-9,12,14,16,20,23-26H,10-11,13,15H2,1-2H3;3-6,8,10,13,15,18,20,23-26H,7,9,11-12,14H2,1-2H3;2-5,7,9,12,14,16,18,21-24,28H,6,8,10-11,13H2,1H3;3*1,3-4H2,2H3;1,3H;2H,1H3;;;;;1H;;;/q;;;;;;;;;;2*+1;;;;-1/p-1/b9-8+;;;;;;;;;;;;;;;/t16-,20-,23-,24+,25-,26+;15-,18+,20-,23-,24-,25-,26+;14-,16+,18-,21-,22-,23-,24+;;;;;;;;;;;;;/m111............./s1. The molecule has 5 saturated carbocycles. The second kappa shape index (κ2) is 55.9. The van der Waals surface area contributed by atoms with Gasteiger partial charge in [-0.25, -0.2) is 13.2 Å². The minimum atomic E-state index is -0.967. The van der Waals surface area contributed by atoms with Crippen LogP contribution in [0.2, 0.25) is 13.3 Å². The Labute approximate surface area is 826 Å². The Morgan fingerprint density at radius 2 is 0.950 bits per heavy atom. The van der Waals surface area contributed by atoms with Gasteiger partial charge < -0.3 is 45.5 Å². The van der Waals surface area contributed by atoms with Gasteiger partial charge in [0, 0.05) is 106 Å². The van der Waals surface area contributed by atoms with Crippen molar-refractivity contribution in [1.29, 1.82) is 4.35 Å². The number of esters is 5. The van der Waals surface area contributed by atoms with E-state index in [9.17, 15) is 42.3 Å². The van der Waals surface area contributed by atoms with Gasteiger partial charge in [-0.05, 0) is 227 Å².